The Morgan fingerprint density at radius 1 is 0.564 bits per heavy atom. The van der Waals surface area contributed by atoms with Crippen LogP contribution < -0.4 is 0 Å². The summed E-state index contributed by atoms with van der Waals surface area (Å²) >= 11 is 0. The molecule has 1 aliphatic heterocycles. The molecule has 202 valence electrons. The van der Waals surface area contributed by atoms with Crippen molar-refractivity contribution >= 4 is 0 Å². The van der Waals surface area contributed by atoms with E-state index in [4.69, 9.17) is 18.9 Å². The van der Waals surface area contributed by atoms with Crippen LogP contribution in [-0.4, -0.2) is 41.4 Å². The maximum absolute atomic E-state index is 11.2. The third-order valence-electron chi connectivity index (χ3n) is 6.73. The highest BCUT2D eigenvalue weighted by Gasteiger charge is 2.49. The number of hydrogen-bond acceptors (Lipinski definition) is 6. The molecule has 4 aromatic rings. The molecule has 1 fully saturated rings. The van der Waals surface area contributed by atoms with Gasteiger partial charge in [-0.15, -0.1) is 0 Å². The summed E-state index contributed by atoms with van der Waals surface area (Å²) in [6, 6.07) is 39.9. The third kappa shape index (κ3) is 7.83. The van der Waals surface area contributed by atoms with Gasteiger partial charge in [-0.05, 0) is 22.3 Å². The highest BCUT2D eigenvalue weighted by molar-refractivity contribution is 5.16. The Bertz CT molecular complexity index is 1230. The average Bonchev–Trinajstić information content (AvgIpc) is 3.34. The second kappa shape index (κ2) is 14.1. The van der Waals surface area contributed by atoms with Gasteiger partial charge < -0.3 is 24.2 Å². The lowest BCUT2D eigenvalue weighted by atomic mass is 10.1. The molecule has 4 atom stereocenters. The maximum atomic E-state index is 11.2. The minimum atomic E-state index is -0.736. The summed E-state index contributed by atoms with van der Waals surface area (Å²) in [6.45, 7) is 1.81. The van der Waals surface area contributed by atoms with Gasteiger partial charge in [-0.2, -0.15) is 5.06 Å². The topological polar surface area (TPSA) is 60.4 Å². The summed E-state index contributed by atoms with van der Waals surface area (Å²) in [5.41, 5.74) is 4.14. The van der Waals surface area contributed by atoms with Gasteiger partial charge in [-0.25, -0.2) is 0 Å². The Morgan fingerprint density at radius 3 is 1.51 bits per heavy atom. The van der Waals surface area contributed by atoms with Gasteiger partial charge in [0, 0.05) is 0 Å². The Labute approximate surface area is 230 Å². The summed E-state index contributed by atoms with van der Waals surface area (Å²) in [6.07, 6.45) is -2.18. The Kier molecular flexibility index (Phi) is 9.87. The molecule has 6 heteroatoms. The van der Waals surface area contributed by atoms with Crippen LogP contribution in [0, 0.1) is 0 Å². The molecule has 39 heavy (non-hydrogen) atoms. The maximum Gasteiger partial charge on any atom is 0.162 e. The minimum absolute atomic E-state index is 0.291. The largest absolute Gasteiger partial charge is 0.374 e. The molecule has 0 aromatic heterocycles. The molecule has 0 amide bonds. The van der Waals surface area contributed by atoms with Crippen molar-refractivity contribution in [3.05, 3.63) is 144 Å². The molecule has 0 radical (unpaired) electrons. The van der Waals surface area contributed by atoms with Gasteiger partial charge in [-0.1, -0.05) is 121 Å². The molecule has 1 aliphatic rings. The number of benzene rings is 4. The van der Waals surface area contributed by atoms with Gasteiger partial charge in [0.05, 0.1) is 33.0 Å². The first-order valence-electron chi connectivity index (χ1n) is 13.3. The van der Waals surface area contributed by atoms with Gasteiger partial charge in [0.15, 0.2) is 6.23 Å². The predicted octanol–water partition coefficient (Wildman–Crippen LogP) is 5.99. The average molecular weight is 526 g/mol. The molecular formula is C33H35NO5. The van der Waals surface area contributed by atoms with Crippen molar-refractivity contribution in [1.82, 2.24) is 5.06 Å². The number of ether oxygens (including phenoxy) is 4. The second-order valence-corrected chi connectivity index (χ2v) is 9.67. The highest BCUT2D eigenvalue weighted by Crippen LogP contribution is 2.31. The standard InChI is InChI=1S/C33H35NO5/c35-34(21-26-13-5-1-6-14-26)33-32(38-24-29-19-11-4-12-20-29)31(37-23-28-17-9-3-10-18-28)30(39-33)25-36-22-27-15-7-2-8-16-27/h1-20,30-33,35H,21-25H2/t30-,31-,32-,33-/m1/s1. The van der Waals surface area contributed by atoms with E-state index in [0.717, 1.165) is 22.3 Å². The molecule has 0 bridgehead atoms. The zero-order chi connectivity index (χ0) is 26.7. The van der Waals surface area contributed by atoms with Crippen molar-refractivity contribution < 1.29 is 24.2 Å². The van der Waals surface area contributed by atoms with Gasteiger partial charge in [0.25, 0.3) is 0 Å². The van der Waals surface area contributed by atoms with E-state index in [9.17, 15) is 5.21 Å². The van der Waals surface area contributed by atoms with Crippen LogP contribution >= 0.6 is 0 Å². The van der Waals surface area contributed by atoms with Crippen molar-refractivity contribution in [3.63, 3.8) is 0 Å². The molecule has 0 saturated carbocycles. The van der Waals surface area contributed by atoms with Gasteiger partial charge in [0.1, 0.15) is 18.3 Å². The van der Waals surface area contributed by atoms with E-state index in [0.29, 0.717) is 33.0 Å². The molecule has 0 spiro atoms. The molecule has 1 N–H and O–H groups in total. The van der Waals surface area contributed by atoms with Crippen molar-refractivity contribution in [1.29, 1.82) is 0 Å². The molecule has 0 unspecified atom stereocenters. The lowest BCUT2D eigenvalue weighted by Crippen LogP contribution is -2.44. The monoisotopic (exact) mass is 525 g/mol. The van der Waals surface area contributed by atoms with Crippen molar-refractivity contribution in [2.45, 2.75) is 50.9 Å². The van der Waals surface area contributed by atoms with Gasteiger partial charge >= 0.3 is 0 Å². The zero-order valence-electron chi connectivity index (χ0n) is 21.9. The van der Waals surface area contributed by atoms with Gasteiger partial charge in [0.2, 0.25) is 0 Å². The Hall–Kier alpha value is -3.36. The van der Waals surface area contributed by atoms with Crippen LogP contribution in [0.5, 0.6) is 0 Å². The van der Waals surface area contributed by atoms with Crippen LogP contribution in [0.25, 0.3) is 0 Å². The summed E-state index contributed by atoms with van der Waals surface area (Å²) < 4.78 is 25.4. The van der Waals surface area contributed by atoms with Crippen LogP contribution in [0.2, 0.25) is 0 Å². The number of hydrogen-bond donors (Lipinski definition) is 1. The van der Waals surface area contributed by atoms with Crippen LogP contribution in [0.3, 0.4) is 0 Å². The fraction of sp³-hybridized carbons (Fsp3) is 0.273. The molecule has 1 saturated heterocycles. The van der Waals surface area contributed by atoms with E-state index < -0.39 is 24.5 Å². The smallest absolute Gasteiger partial charge is 0.162 e. The molecular weight excluding hydrogens is 490 g/mol. The van der Waals surface area contributed by atoms with Crippen LogP contribution in [0.15, 0.2) is 121 Å². The zero-order valence-corrected chi connectivity index (χ0v) is 21.9. The molecule has 4 aromatic carbocycles. The van der Waals surface area contributed by atoms with Crippen LogP contribution in [0.1, 0.15) is 22.3 Å². The van der Waals surface area contributed by atoms with E-state index in [1.165, 1.54) is 5.06 Å². The number of hydroxylamine groups is 2. The molecule has 0 aliphatic carbocycles. The fourth-order valence-electron chi connectivity index (χ4n) is 4.72. The van der Waals surface area contributed by atoms with Crippen molar-refractivity contribution in [2.75, 3.05) is 6.61 Å². The number of nitrogens with zero attached hydrogens (tertiary/aromatic N) is 1. The Morgan fingerprint density at radius 2 is 1.00 bits per heavy atom. The molecule has 1 heterocycles. The van der Waals surface area contributed by atoms with Crippen molar-refractivity contribution in [2.24, 2.45) is 0 Å². The fourth-order valence-corrected chi connectivity index (χ4v) is 4.72. The predicted molar refractivity (Wildman–Crippen MR) is 149 cm³/mol. The number of rotatable bonds is 13. The SMILES string of the molecule is ON(Cc1ccccc1)[C@@H]1O[C@H](COCc2ccccc2)[C@@H](OCc2ccccc2)[C@H]1OCc1ccccc1. The summed E-state index contributed by atoms with van der Waals surface area (Å²) in [5.74, 6) is 0. The lowest BCUT2D eigenvalue weighted by Gasteiger charge is -2.28. The molecule has 5 rings (SSSR count). The summed E-state index contributed by atoms with van der Waals surface area (Å²) in [4.78, 5) is 0. The third-order valence-corrected chi connectivity index (χ3v) is 6.73. The highest BCUT2D eigenvalue weighted by atomic mass is 16.7. The van der Waals surface area contributed by atoms with Crippen molar-refractivity contribution in [3.8, 4) is 0 Å². The first kappa shape index (κ1) is 27.2. The van der Waals surface area contributed by atoms with Gasteiger partial charge in [-0.3, -0.25) is 0 Å². The first-order chi connectivity index (χ1) is 19.3. The second-order valence-electron chi connectivity index (χ2n) is 9.67. The summed E-state index contributed by atoms with van der Waals surface area (Å²) in [7, 11) is 0. The molecule has 6 nitrogen and oxygen atoms in total. The summed E-state index contributed by atoms with van der Waals surface area (Å²) in [5, 5.41) is 12.4. The lowest BCUT2D eigenvalue weighted by molar-refractivity contribution is -0.244. The van der Waals surface area contributed by atoms with E-state index in [-0.39, 0.29) is 0 Å². The van der Waals surface area contributed by atoms with Crippen LogP contribution in [0.4, 0.5) is 0 Å². The Balaban J connectivity index is 1.35. The van der Waals surface area contributed by atoms with Crippen LogP contribution in [-0.2, 0) is 45.3 Å². The van der Waals surface area contributed by atoms with E-state index >= 15 is 0 Å². The normalized spacial score (nSPS) is 20.9. The minimum Gasteiger partial charge on any atom is -0.374 e. The van der Waals surface area contributed by atoms with E-state index in [1.807, 2.05) is 121 Å². The van der Waals surface area contributed by atoms with E-state index in [1.54, 1.807) is 0 Å². The quantitative estimate of drug-likeness (QED) is 0.216. The first-order valence-corrected chi connectivity index (χ1v) is 13.3. The van der Waals surface area contributed by atoms with E-state index in [2.05, 4.69) is 0 Å².